The van der Waals surface area contributed by atoms with E-state index in [2.05, 4.69) is 17.4 Å². The van der Waals surface area contributed by atoms with Crippen LogP contribution in [0.5, 0.6) is 11.5 Å². The number of hydrogen-bond acceptors (Lipinski definition) is 4. The van der Waals surface area contributed by atoms with Gasteiger partial charge in [0.25, 0.3) is 0 Å². The molecule has 0 spiro atoms. The minimum absolute atomic E-state index is 0.477. The van der Waals surface area contributed by atoms with Crippen molar-refractivity contribution in [3.63, 3.8) is 0 Å². The van der Waals surface area contributed by atoms with Gasteiger partial charge in [-0.2, -0.15) is 0 Å². The van der Waals surface area contributed by atoms with Crippen LogP contribution in [0.15, 0.2) is 84.4 Å². The highest BCUT2D eigenvalue weighted by Gasteiger charge is 2.18. The second kappa shape index (κ2) is 7.98. The molecular weight excluding hydrogens is 350 g/mol. The molecule has 3 N–H and O–H groups in total. The number of nitrogens with zero attached hydrogens (tertiary/aromatic N) is 1. The molecule has 0 fully saturated rings. The lowest BCUT2D eigenvalue weighted by molar-refractivity contribution is 0.225. The van der Waals surface area contributed by atoms with E-state index >= 15 is 0 Å². The maximum atomic E-state index is 8.93. The van der Waals surface area contributed by atoms with Gasteiger partial charge in [-0.05, 0) is 41.8 Å². The molecule has 0 aromatic heterocycles. The molecule has 1 aliphatic rings. The first-order valence-corrected chi connectivity index (χ1v) is 9.10. The molecule has 0 saturated carbocycles. The van der Waals surface area contributed by atoms with Crippen molar-refractivity contribution in [1.82, 2.24) is 5.48 Å². The lowest BCUT2D eigenvalue weighted by Gasteiger charge is -2.09. The highest BCUT2D eigenvalue weighted by Crippen LogP contribution is 2.35. The molecule has 0 atom stereocenters. The third-order valence-electron chi connectivity index (χ3n) is 4.61. The maximum absolute atomic E-state index is 8.93. The molecule has 0 amide bonds. The van der Waals surface area contributed by atoms with Crippen LogP contribution in [-0.2, 0) is 6.42 Å². The zero-order valence-corrected chi connectivity index (χ0v) is 15.4. The third kappa shape index (κ3) is 3.75. The number of aliphatic imine (C=N–C) groups is 1. The summed E-state index contributed by atoms with van der Waals surface area (Å²) in [5, 5.41) is 12.3. The number of fused-ring (bicyclic) bond motifs is 2. The van der Waals surface area contributed by atoms with Gasteiger partial charge >= 0.3 is 0 Å². The Kier molecular flexibility index (Phi) is 5.08. The fourth-order valence-corrected chi connectivity index (χ4v) is 3.08. The summed E-state index contributed by atoms with van der Waals surface area (Å²) >= 11 is 0. The summed E-state index contributed by atoms with van der Waals surface area (Å²) in [5.74, 6) is 2.38. The number of hydrogen-bond donors (Lipinski definition) is 3. The number of para-hydroxylation sites is 3. The van der Waals surface area contributed by atoms with E-state index in [1.165, 1.54) is 0 Å². The van der Waals surface area contributed by atoms with E-state index in [-0.39, 0.29) is 0 Å². The Hall–Kier alpha value is -3.57. The average Bonchev–Trinajstić information content (AvgIpc) is 2.90. The van der Waals surface area contributed by atoms with Crippen LogP contribution in [0, 0.1) is 0 Å². The molecule has 3 aromatic carbocycles. The fraction of sp³-hybridized carbons (Fsp3) is 0.0870. The highest BCUT2D eigenvalue weighted by atomic mass is 16.5. The molecule has 0 saturated heterocycles. The Bertz CT molecular complexity index is 1030. The summed E-state index contributed by atoms with van der Waals surface area (Å²) in [6, 6.07) is 23.7. The monoisotopic (exact) mass is 371 g/mol. The van der Waals surface area contributed by atoms with Gasteiger partial charge in [0.1, 0.15) is 11.6 Å². The molecule has 5 nitrogen and oxygen atoms in total. The minimum Gasteiger partial charge on any atom is -0.454 e. The van der Waals surface area contributed by atoms with Gasteiger partial charge in [0.05, 0.1) is 16.9 Å². The number of ether oxygens (including phenoxy) is 1. The van der Waals surface area contributed by atoms with Crippen LogP contribution in [0.25, 0.3) is 5.70 Å². The fourth-order valence-electron chi connectivity index (χ4n) is 3.08. The van der Waals surface area contributed by atoms with Crippen LogP contribution < -0.4 is 15.5 Å². The Morgan fingerprint density at radius 3 is 2.46 bits per heavy atom. The first-order valence-electron chi connectivity index (χ1n) is 9.10. The van der Waals surface area contributed by atoms with E-state index in [4.69, 9.17) is 14.9 Å². The first-order chi connectivity index (χ1) is 13.7. The van der Waals surface area contributed by atoms with Gasteiger partial charge < -0.3 is 10.1 Å². The third-order valence-corrected chi connectivity index (χ3v) is 4.61. The number of amidine groups is 1. The summed E-state index contributed by atoms with van der Waals surface area (Å²) in [5.41, 5.74) is 6.41. The molecular formula is C23H21N3O2. The summed E-state index contributed by atoms with van der Waals surface area (Å²) in [6.07, 6.45) is 0.801. The molecule has 0 unspecified atom stereocenters. The van der Waals surface area contributed by atoms with Crippen LogP contribution in [0.2, 0.25) is 0 Å². The molecule has 140 valence electrons. The zero-order valence-electron chi connectivity index (χ0n) is 15.4. The first kappa shape index (κ1) is 17.8. The summed E-state index contributed by atoms with van der Waals surface area (Å²) in [6.45, 7) is 4.38. The van der Waals surface area contributed by atoms with Crippen molar-refractivity contribution in [2.24, 2.45) is 4.99 Å². The van der Waals surface area contributed by atoms with Gasteiger partial charge in [0.15, 0.2) is 5.75 Å². The lowest BCUT2D eigenvalue weighted by Crippen LogP contribution is -2.13. The van der Waals surface area contributed by atoms with E-state index < -0.39 is 0 Å². The van der Waals surface area contributed by atoms with Gasteiger partial charge in [-0.25, -0.2) is 0 Å². The van der Waals surface area contributed by atoms with E-state index in [9.17, 15) is 0 Å². The molecule has 4 rings (SSSR count). The molecule has 0 radical (unpaired) electrons. The normalized spacial score (nSPS) is 13.5. The Morgan fingerprint density at radius 2 is 1.68 bits per heavy atom. The van der Waals surface area contributed by atoms with Crippen molar-refractivity contribution in [2.45, 2.75) is 6.42 Å². The molecule has 28 heavy (non-hydrogen) atoms. The summed E-state index contributed by atoms with van der Waals surface area (Å²) < 4.78 is 6.07. The largest absolute Gasteiger partial charge is 0.454 e. The molecule has 3 aromatic rings. The van der Waals surface area contributed by atoms with Crippen molar-refractivity contribution in [2.75, 3.05) is 11.9 Å². The van der Waals surface area contributed by atoms with E-state index in [1.54, 1.807) is 0 Å². The second-order valence-corrected chi connectivity index (χ2v) is 6.49. The number of rotatable bonds is 5. The SMILES string of the molecule is C=C(NO)c1ccc(CCN=C2Nc3ccccc3Oc3ccccc32)cc1. The van der Waals surface area contributed by atoms with E-state index in [0.29, 0.717) is 12.2 Å². The van der Waals surface area contributed by atoms with Gasteiger partial charge in [0.2, 0.25) is 0 Å². The van der Waals surface area contributed by atoms with Crippen LogP contribution >= 0.6 is 0 Å². The summed E-state index contributed by atoms with van der Waals surface area (Å²) in [4.78, 5) is 4.81. The molecule has 0 aliphatic carbocycles. The van der Waals surface area contributed by atoms with Crippen LogP contribution in [-0.4, -0.2) is 17.6 Å². The van der Waals surface area contributed by atoms with Gasteiger partial charge in [-0.3, -0.25) is 15.7 Å². The second-order valence-electron chi connectivity index (χ2n) is 6.49. The predicted octanol–water partition coefficient (Wildman–Crippen LogP) is 4.84. The molecule has 5 heteroatoms. The maximum Gasteiger partial charge on any atom is 0.150 e. The van der Waals surface area contributed by atoms with Crippen LogP contribution in [0.1, 0.15) is 16.7 Å². The van der Waals surface area contributed by atoms with Gasteiger partial charge in [-0.1, -0.05) is 55.1 Å². The minimum atomic E-state index is 0.477. The molecule has 0 bridgehead atoms. The van der Waals surface area contributed by atoms with Crippen molar-refractivity contribution in [3.05, 3.63) is 96.1 Å². The molecule has 1 aliphatic heterocycles. The summed E-state index contributed by atoms with van der Waals surface area (Å²) in [7, 11) is 0. The van der Waals surface area contributed by atoms with Gasteiger partial charge in [0, 0.05) is 6.54 Å². The van der Waals surface area contributed by atoms with Crippen LogP contribution in [0.3, 0.4) is 0 Å². The Morgan fingerprint density at radius 1 is 0.964 bits per heavy atom. The molecule has 1 heterocycles. The van der Waals surface area contributed by atoms with Crippen molar-refractivity contribution >= 4 is 17.2 Å². The average molecular weight is 371 g/mol. The zero-order chi connectivity index (χ0) is 19.3. The topological polar surface area (TPSA) is 65.9 Å². The van der Waals surface area contributed by atoms with Crippen molar-refractivity contribution < 1.29 is 9.94 Å². The van der Waals surface area contributed by atoms with Gasteiger partial charge in [-0.15, -0.1) is 0 Å². The number of anilines is 1. The number of benzene rings is 3. The highest BCUT2D eigenvalue weighted by molar-refractivity contribution is 6.11. The van der Waals surface area contributed by atoms with E-state index in [1.807, 2.05) is 72.8 Å². The van der Waals surface area contributed by atoms with E-state index in [0.717, 1.165) is 46.1 Å². The quantitative estimate of drug-likeness (QED) is 0.561. The Balaban J connectivity index is 1.54. The number of nitrogens with one attached hydrogen (secondary N) is 2. The Labute approximate surface area is 164 Å². The smallest absolute Gasteiger partial charge is 0.150 e. The van der Waals surface area contributed by atoms with Crippen LogP contribution in [0.4, 0.5) is 5.69 Å². The number of hydroxylamine groups is 1. The standard InChI is InChI=1S/C23H21N3O2/c1-16(26-27)18-12-10-17(11-13-18)14-15-24-23-19-6-2-4-8-21(19)28-22-9-5-3-7-20(22)25-23/h2-13,26-27H,1,14-15H2,(H,24,25). The lowest BCUT2D eigenvalue weighted by atomic mass is 10.1. The van der Waals surface area contributed by atoms with Crippen molar-refractivity contribution in [3.8, 4) is 11.5 Å². The van der Waals surface area contributed by atoms with Crippen molar-refractivity contribution in [1.29, 1.82) is 0 Å². The predicted molar refractivity (Wildman–Crippen MR) is 112 cm³/mol.